The fourth-order valence-corrected chi connectivity index (χ4v) is 0.686. The maximum atomic E-state index is 5.20. The topological polar surface area (TPSA) is 0 Å². The van der Waals surface area contributed by atoms with Crippen LogP contribution in [0.2, 0.25) is 0 Å². The molecule has 0 saturated carbocycles. The highest BCUT2D eigenvalue weighted by molar-refractivity contribution is 5.27. The van der Waals surface area contributed by atoms with Crippen molar-refractivity contribution in [1.82, 2.24) is 0 Å². The first-order valence-corrected chi connectivity index (χ1v) is 3.35. The second kappa shape index (κ2) is 4.21. The molecule has 0 nitrogen and oxygen atoms in total. The van der Waals surface area contributed by atoms with Gasteiger partial charge in [0.2, 0.25) is 0 Å². The van der Waals surface area contributed by atoms with Crippen LogP contribution in [0.25, 0.3) is 0 Å². The molecule has 0 atom stereocenters. The van der Waals surface area contributed by atoms with Crippen molar-refractivity contribution < 1.29 is 0 Å². The molecule has 0 aromatic carbocycles. The molecule has 0 radical (unpaired) electrons. The highest BCUT2D eigenvalue weighted by Crippen LogP contribution is 2.07. The molecule has 0 bridgehead atoms. The van der Waals surface area contributed by atoms with Crippen molar-refractivity contribution in [2.24, 2.45) is 0 Å². The summed E-state index contributed by atoms with van der Waals surface area (Å²) in [7, 11) is 0. The largest absolute Gasteiger partial charge is 0.115 e. The number of terminal acetylenes is 1. The van der Waals surface area contributed by atoms with Gasteiger partial charge in [-0.2, -0.15) is 0 Å². The van der Waals surface area contributed by atoms with E-state index in [4.69, 9.17) is 6.42 Å². The maximum Gasteiger partial charge on any atom is -0.00242 e. The van der Waals surface area contributed by atoms with E-state index in [2.05, 4.69) is 19.8 Å². The van der Waals surface area contributed by atoms with E-state index < -0.39 is 0 Å². The van der Waals surface area contributed by atoms with Crippen molar-refractivity contribution in [2.45, 2.75) is 33.6 Å². The molecule has 0 heteroatoms. The molecule has 0 aliphatic heterocycles. The first kappa shape index (κ1) is 8.30. The Hall–Kier alpha value is -0.700. The molecule has 0 aliphatic carbocycles. The molecule has 0 spiro atoms. The second-order valence-electron chi connectivity index (χ2n) is 2.30. The van der Waals surface area contributed by atoms with Gasteiger partial charge in [-0.05, 0) is 25.8 Å². The van der Waals surface area contributed by atoms with Crippen molar-refractivity contribution in [1.29, 1.82) is 0 Å². The van der Waals surface area contributed by atoms with Gasteiger partial charge < -0.3 is 0 Å². The zero-order valence-electron chi connectivity index (χ0n) is 6.49. The number of rotatable bonds is 2. The summed E-state index contributed by atoms with van der Waals surface area (Å²) in [5.74, 6) is 2.63. The summed E-state index contributed by atoms with van der Waals surface area (Å²) in [6.45, 7) is 6.25. The van der Waals surface area contributed by atoms with Crippen LogP contribution in [0.15, 0.2) is 11.1 Å². The van der Waals surface area contributed by atoms with E-state index in [-0.39, 0.29) is 0 Å². The monoisotopic (exact) mass is 122 g/mol. The highest BCUT2D eigenvalue weighted by Gasteiger charge is 1.89. The lowest BCUT2D eigenvalue weighted by atomic mass is 10.1. The Morgan fingerprint density at radius 2 is 2.00 bits per heavy atom. The zero-order chi connectivity index (χ0) is 7.28. The Balaban J connectivity index is 3.98. The van der Waals surface area contributed by atoms with Crippen molar-refractivity contribution in [3.8, 4) is 12.3 Å². The predicted octanol–water partition coefficient (Wildman–Crippen LogP) is 2.76. The molecule has 0 saturated heterocycles. The van der Waals surface area contributed by atoms with Gasteiger partial charge in [0.1, 0.15) is 0 Å². The van der Waals surface area contributed by atoms with Crippen LogP contribution in [0.3, 0.4) is 0 Å². The first-order chi connectivity index (χ1) is 4.22. The highest BCUT2D eigenvalue weighted by atomic mass is 13.9. The summed E-state index contributed by atoms with van der Waals surface area (Å²) in [6, 6.07) is 0. The smallest absolute Gasteiger partial charge is 0.00242 e. The van der Waals surface area contributed by atoms with E-state index in [0.29, 0.717) is 0 Å². The Morgan fingerprint density at radius 3 is 2.33 bits per heavy atom. The van der Waals surface area contributed by atoms with Crippen LogP contribution >= 0.6 is 0 Å². The summed E-state index contributed by atoms with van der Waals surface area (Å²) in [6.07, 6.45) is 7.52. The third-order valence-electron chi connectivity index (χ3n) is 1.48. The van der Waals surface area contributed by atoms with Gasteiger partial charge in [0, 0.05) is 0 Å². The fourth-order valence-electron chi connectivity index (χ4n) is 0.686. The molecule has 9 heavy (non-hydrogen) atoms. The molecule has 0 N–H and O–H groups in total. The molecule has 0 aliphatic rings. The normalized spacial score (nSPS) is 12.2. The van der Waals surface area contributed by atoms with E-state index in [9.17, 15) is 0 Å². The summed E-state index contributed by atoms with van der Waals surface area (Å²) in [5.41, 5.74) is 2.44. The average molecular weight is 122 g/mol. The summed E-state index contributed by atoms with van der Waals surface area (Å²) in [5, 5.41) is 0. The molecule has 0 rings (SSSR count). The molecular weight excluding hydrogens is 108 g/mol. The molecular formula is C9H14. The van der Waals surface area contributed by atoms with Crippen LogP contribution in [0.4, 0.5) is 0 Å². The number of hydrogen-bond acceptors (Lipinski definition) is 0. The third-order valence-corrected chi connectivity index (χ3v) is 1.48. The van der Waals surface area contributed by atoms with Gasteiger partial charge in [-0.25, -0.2) is 0 Å². The summed E-state index contributed by atoms with van der Waals surface area (Å²) in [4.78, 5) is 0. The minimum Gasteiger partial charge on any atom is -0.115 e. The van der Waals surface area contributed by atoms with Crippen LogP contribution in [-0.2, 0) is 0 Å². The molecule has 0 aromatic heterocycles. The van der Waals surface area contributed by atoms with Crippen molar-refractivity contribution in [3.63, 3.8) is 0 Å². The lowest BCUT2D eigenvalue weighted by Gasteiger charge is -1.97. The Kier molecular flexibility index (Phi) is 3.88. The number of allylic oxidation sites excluding steroid dienone is 2. The summed E-state index contributed by atoms with van der Waals surface area (Å²) < 4.78 is 0. The van der Waals surface area contributed by atoms with E-state index in [1.807, 2.05) is 6.92 Å². The predicted molar refractivity (Wildman–Crippen MR) is 42.1 cm³/mol. The zero-order valence-corrected chi connectivity index (χ0v) is 6.49. The minimum atomic E-state index is 1.09. The second-order valence-corrected chi connectivity index (χ2v) is 2.30. The van der Waals surface area contributed by atoms with Crippen LogP contribution < -0.4 is 0 Å². The lowest BCUT2D eigenvalue weighted by molar-refractivity contribution is 0.897. The molecule has 0 unspecified atom stereocenters. The molecule has 50 valence electrons. The van der Waals surface area contributed by atoms with Gasteiger partial charge in [0.05, 0.1) is 0 Å². The Labute approximate surface area is 58.0 Å². The molecule has 0 amide bonds. The van der Waals surface area contributed by atoms with E-state index in [1.165, 1.54) is 12.0 Å². The molecule has 0 aromatic rings. The fraction of sp³-hybridized carbons (Fsp3) is 0.556. The Morgan fingerprint density at radius 1 is 1.44 bits per heavy atom. The van der Waals surface area contributed by atoms with Gasteiger partial charge in [0.15, 0.2) is 0 Å². The van der Waals surface area contributed by atoms with Gasteiger partial charge in [0.25, 0.3) is 0 Å². The SMILES string of the molecule is C#CC(C)=C(C)CCC. The average Bonchev–Trinajstić information content (AvgIpc) is 1.87. The quantitative estimate of drug-likeness (QED) is 0.494. The van der Waals surface area contributed by atoms with Gasteiger partial charge in [-0.3, -0.25) is 0 Å². The maximum absolute atomic E-state index is 5.20. The number of hydrogen-bond donors (Lipinski definition) is 0. The van der Waals surface area contributed by atoms with Gasteiger partial charge >= 0.3 is 0 Å². The standard InChI is InChI=1S/C9H14/c1-5-7-9(4)8(3)6-2/h2H,5,7H2,1,3-4H3. The van der Waals surface area contributed by atoms with E-state index in [1.54, 1.807) is 0 Å². The molecule has 0 fully saturated rings. The first-order valence-electron chi connectivity index (χ1n) is 3.35. The molecule has 0 heterocycles. The van der Waals surface area contributed by atoms with Crippen LogP contribution in [0.1, 0.15) is 33.6 Å². The van der Waals surface area contributed by atoms with Crippen molar-refractivity contribution >= 4 is 0 Å². The minimum absolute atomic E-state index is 1.09. The van der Waals surface area contributed by atoms with Crippen LogP contribution in [0, 0.1) is 12.3 Å². The van der Waals surface area contributed by atoms with Crippen molar-refractivity contribution in [2.75, 3.05) is 0 Å². The van der Waals surface area contributed by atoms with Crippen molar-refractivity contribution in [3.05, 3.63) is 11.1 Å². The lowest BCUT2D eigenvalue weighted by Crippen LogP contribution is -1.79. The van der Waals surface area contributed by atoms with Crippen LogP contribution in [0.5, 0.6) is 0 Å². The van der Waals surface area contributed by atoms with Gasteiger partial charge in [-0.1, -0.05) is 24.8 Å². The Bertz CT molecular complexity index is 144. The third kappa shape index (κ3) is 2.98. The van der Waals surface area contributed by atoms with E-state index in [0.717, 1.165) is 12.0 Å². The van der Waals surface area contributed by atoms with Gasteiger partial charge in [-0.15, -0.1) is 6.42 Å². The van der Waals surface area contributed by atoms with E-state index >= 15 is 0 Å². The summed E-state index contributed by atoms with van der Waals surface area (Å²) >= 11 is 0. The van der Waals surface area contributed by atoms with Crippen LogP contribution in [-0.4, -0.2) is 0 Å².